The van der Waals surface area contributed by atoms with Crippen LogP contribution < -0.4 is 0 Å². The first-order valence-corrected chi connectivity index (χ1v) is 6.00. The summed E-state index contributed by atoms with van der Waals surface area (Å²) in [7, 11) is 0. The largest absolute Gasteiger partial charge is 0.0619 e. The Labute approximate surface area is 96.9 Å². The molecule has 16 heavy (non-hydrogen) atoms. The molecule has 0 unspecified atom stereocenters. The molecule has 0 heterocycles. The summed E-state index contributed by atoms with van der Waals surface area (Å²) >= 11 is 0. The maximum absolute atomic E-state index is 2.38. The number of fused-ring (bicyclic) bond motifs is 3. The van der Waals surface area contributed by atoms with Gasteiger partial charge in [0.2, 0.25) is 0 Å². The highest BCUT2D eigenvalue weighted by atomic mass is 14.2. The number of rotatable bonds is 1. The van der Waals surface area contributed by atoms with Gasteiger partial charge in [-0.3, -0.25) is 0 Å². The Morgan fingerprint density at radius 1 is 1.06 bits per heavy atom. The lowest BCUT2D eigenvalue weighted by Gasteiger charge is -2.08. The third kappa shape index (κ3) is 1.30. The lowest BCUT2D eigenvalue weighted by Crippen LogP contribution is -1.89. The Morgan fingerprint density at radius 3 is 2.69 bits per heavy atom. The smallest absolute Gasteiger partial charge is 0.00133 e. The van der Waals surface area contributed by atoms with Crippen LogP contribution in [-0.4, -0.2) is 0 Å². The molecule has 2 aromatic carbocycles. The van der Waals surface area contributed by atoms with Crippen LogP contribution in [0.4, 0.5) is 0 Å². The minimum Gasteiger partial charge on any atom is -0.0619 e. The van der Waals surface area contributed by atoms with Crippen molar-refractivity contribution in [2.75, 3.05) is 0 Å². The van der Waals surface area contributed by atoms with Crippen molar-refractivity contribution < 1.29 is 0 Å². The van der Waals surface area contributed by atoms with E-state index >= 15 is 0 Å². The second-order valence-electron chi connectivity index (χ2n) is 4.63. The summed E-state index contributed by atoms with van der Waals surface area (Å²) in [6.07, 6.45) is 2.24. The molecule has 1 aliphatic carbocycles. The fourth-order valence-electron chi connectivity index (χ4n) is 2.79. The van der Waals surface area contributed by atoms with E-state index in [1.54, 1.807) is 0 Å². The number of hydrogen-bond acceptors (Lipinski definition) is 0. The molecule has 0 N–H and O–H groups in total. The molecule has 2 aromatic rings. The van der Waals surface area contributed by atoms with Crippen molar-refractivity contribution in [1.29, 1.82) is 0 Å². The van der Waals surface area contributed by atoms with Crippen molar-refractivity contribution >= 4 is 0 Å². The highest BCUT2D eigenvalue weighted by Crippen LogP contribution is 2.39. The quantitative estimate of drug-likeness (QED) is 0.564. The van der Waals surface area contributed by atoms with E-state index in [9.17, 15) is 0 Å². The van der Waals surface area contributed by atoms with Crippen LogP contribution in [0.5, 0.6) is 0 Å². The van der Waals surface area contributed by atoms with E-state index in [1.165, 1.54) is 33.4 Å². The SMILES string of the molecule is CCc1cc(C)c2c(c1)Cc1ccccc1-2. The van der Waals surface area contributed by atoms with E-state index in [0.29, 0.717) is 0 Å². The van der Waals surface area contributed by atoms with Gasteiger partial charge in [0.15, 0.2) is 0 Å². The molecule has 3 rings (SSSR count). The van der Waals surface area contributed by atoms with Gasteiger partial charge in [-0.1, -0.05) is 43.3 Å². The van der Waals surface area contributed by atoms with Gasteiger partial charge in [-0.25, -0.2) is 0 Å². The summed E-state index contributed by atoms with van der Waals surface area (Å²) in [4.78, 5) is 0. The fraction of sp³-hybridized carbons (Fsp3) is 0.250. The van der Waals surface area contributed by atoms with E-state index in [2.05, 4.69) is 50.2 Å². The third-order valence-corrected chi connectivity index (χ3v) is 3.55. The first-order chi connectivity index (χ1) is 7.79. The van der Waals surface area contributed by atoms with Gasteiger partial charge >= 0.3 is 0 Å². The van der Waals surface area contributed by atoms with Crippen LogP contribution in [0.1, 0.15) is 29.2 Å². The summed E-state index contributed by atoms with van der Waals surface area (Å²) in [6.45, 7) is 4.46. The Bertz CT molecular complexity index is 550. The lowest BCUT2D eigenvalue weighted by atomic mass is 9.97. The molecule has 0 amide bonds. The second-order valence-corrected chi connectivity index (χ2v) is 4.63. The molecule has 0 aromatic heterocycles. The molecule has 0 atom stereocenters. The zero-order chi connectivity index (χ0) is 11.1. The van der Waals surface area contributed by atoms with Gasteiger partial charge in [0.1, 0.15) is 0 Å². The van der Waals surface area contributed by atoms with E-state index in [1.807, 2.05) is 0 Å². The van der Waals surface area contributed by atoms with Crippen LogP contribution >= 0.6 is 0 Å². The molecule has 0 nitrogen and oxygen atoms in total. The van der Waals surface area contributed by atoms with Crippen LogP contribution in [0.3, 0.4) is 0 Å². The molecule has 0 saturated carbocycles. The number of hydrogen-bond donors (Lipinski definition) is 0. The summed E-state index contributed by atoms with van der Waals surface area (Å²) in [6, 6.07) is 13.5. The number of benzene rings is 2. The van der Waals surface area contributed by atoms with Crippen molar-refractivity contribution in [2.24, 2.45) is 0 Å². The average Bonchev–Trinajstić information content (AvgIpc) is 2.67. The Balaban J connectivity index is 2.25. The maximum Gasteiger partial charge on any atom is -0.00133 e. The van der Waals surface area contributed by atoms with Crippen LogP contribution in [0.2, 0.25) is 0 Å². The lowest BCUT2D eigenvalue weighted by molar-refractivity contribution is 1.11. The minimum absolute atomic E-state index is 1.11. The molecule has 0 spiro atoms. The summed E-state index contributed by atoms with van der Waals surface area (Å²) in [5.41, 5.74) is 8.81. The van der Waals surface area contributed by atoms with Crippen molar-refractivity contribution in [1.82, 2.24) is 0 Å². The van der Waals surface area contributed by atoms with Crippen molar-refractivity contribution in [3.8, 4) is 11.1 Å². The molecule has 0 aliphatic heterocycles. The van der Waals surface area contributed by atoms with Gasteiger partial charge in [0.25, 0.3) is 0 Å². The molecule has 0 bridgehead atoms. The van der Waals surface area contributed by atoms with E-state index in [0.717, 1.165) is 12.8 Å². The molecular weight excluding hydrogens is 192 g/mol. The van der Waals surface area contributed by atoms with Gasteiger partial charge in [-0.05, 0) is 53.1 Å². The van der Waals surface area contributed by atoms with Crippen molar-refractivity contribution in [2.45, 2.75) is 26.7 Å². The predicted molar refractivity (Wildman–Crippen MR) is 68.8 cm³/mol. The first kappa shape index (κ1) is 9.65. The predicted octanol–water partition coefficient (Wildman–Crippen LogP) is 4.13. The molecule has 0 saturated heterocycles. The van der Waals surface area contributed by atoms with Crippen molar-refractivity contribution in [3.05, 3.63) is 58.7 Å². The zero-order valence-electron chi connectivity index (χ0n) is 9.88. The van der Waals surface area contributed by atoms with Gasteiger partial charge in [0.05, 0.1) is 0 Å². The topological polar surface area (TPSA) is 0 Å². The zero-order valence-corrected chi connectivity index (χ0v) is 9.88. The summed E-state index contributed by atoms with van der Waals surface area (Å²) in [5.74, 6) is 0. The van der Waals surface area contributed by atoms with Gasteiger partial charge in [-0.15, -0.1) is 0 Å². The maximum atomic E-state index is 2.38. The minimum atomic E-state index is 1.11. The van der Waals surface area contributed by atoms with Crippen LogP contribution in [-0.2, 0) is 12.8 Å². The van der Waals surface area contributed by atoms with E-state index in [4.69, 9.17) is 0 Å². The monoisotopic (exact) mass is 208 g/mol. The molecule has 0 radical (unpaired) electrons. The van der Waals surface area contributed by atoms with Gasteiger partial charge < -0.3 is 0 Å². The first-order valence-electron chi connectivity index (χ1n) is 6.00. The number of aryl methyl sites for hydroxylation is 2. The van der Waals surface area contributed by atoms with Crippen LogP contribution in [0, 0.1) is 6.92 Å². The summed E-state index contributed by atoms with van der Waals surface area (Å²) in [5, 5.41) is 0. The molecule has 0 fully saturated rings. The molecule has 80 valence electrons. The Hall–Kier alpha value is -1.56. The third-order valence-electron chi connectivity index (χ3n) is 3.55. The van der Waals surface area contributed by atoms with Crippen LogP contribution in [0.15, 0.2) is 36.4 Å². The van der Waals surface area contributed by atoms with Crippen LogP contribution in [0.25, 0.3) is 11.1 Å². The van der Waals surface area contributed by atoms with E-state index < -0.39 is 0 Å². The van der Waals surface area contributed by atoms with Gasteiger partial charge in [0, 0.05) is 0 Å². The highest BCUT2D eigenvalue weighted by molar-refractivity contribution is 5.79. The standard InChI is InChI=1S/C16H16/c1-3-12-8-11(2)16-14(9-12)10-13-6-4-5-7-15(13)16/h4-9H,3,10H2,1-2H3. The van der Waals surface area contributed by atoms with Crippen molar-refractivity contribution in [3.63, 3.8) is 0 Å². The molecule has 1 aliphatic rings. The average molecular weight is 208 g/mol. The normalized spacial score (nSPS) is 12.4. The molecular formula is C16H16. The van der Waals surface area contributed by atoms with Gasteiger partial charge in [-0.2, -0.15) is 0 Å². The molecule has 0 heteroatoms. The second kappa shape index (κ2) is 3.48. The van der Waals surface area contributed by atoms with E-state index in [-0.39, 0.29) is 0 Å². The highest BCUT2D eigenvalue weighted by Gasteiger charge is 2.19. The fourth-order valence-corrected chi connectivity index (χ4v) is 2.79. The Kier molecular flexibility index (Phi) is 2.10. The Morgan fingerprint density at radius 2 is 1.88 bits per heavy atom. The summed E-state index contributed by atoms with van der Waals surface area (Å²) < 4.78 is 0.